The normalized spacial score (nSPS) is 11.2. The predicted molar refractivity (Wildman–Crippen MR) is 72.5 cm³/mol. The highest BCUT2D eigenvalue weighted by atomic mass is 35.5. The van der Waals surface area contributed by atoms with E-state index in [-0.39, 0.29) is 0 Å². The van der Waals surface area contributed by atoms with Crippen LogP contribution in [0.15, 0.2) is 35.3 Å². The van der Waals surface area contributed by atoms with Crippen LogP contribution in [0.2, 0.25) is 4.34 Å². The van der Waals surface area contributed by atoms with Crippen molar-refractivity contribution >= 4 is 34.8 Å². The maximum Gasteiger partial charge on any atom is 0.0935 e. The fourth-order valence-corrected chi connectivity index (χ4v) is 2.32. The monoisotopic (exact) mass is 249 g/mol. The second-order valence-corrected chi connectivity index (χ2v) is 5.44. The molecule has 16 heavy (non-hydrogen) atoms. The zero-order valence-electron chi connectivity index (χ0n) is 9.20. The molecule has 0 amide bonds. The van der Waals surface area contributed by atoms with Crippen LogP contribution in [-0.2, 0) is 0 Å². The molecule has 0 radical (unpaired) electrons. The van der Waals surface area contributed by atoms with E-state index in [1.54, 1.807) is 0 Å². The number of rotatable bonds is 2. The summed E-state index contributed by atoms with van der Waals surface area (Å²) < 4.78 is 0.794. The second kappa shape index (κ2) is 4.81. The summed E-state index contributed by atoms with van der Waals surface area (Å²) in [6, 6.07) is 10.1. The van der Waals surface area contributed by atoms with Crippen molar-refractivity contribution in [1.82, 2.24) is 0 Å². The first kappa shape index (κ1) is 11.4. The van der Waals surface area contributed by atoms with Crippen LogP contribution in [-0.4, -0.2) is 6.21 Å². The minimum atomic E-state index is 0.794. The first-order valence-electron chi connectivity index (χ1n) is 5.02. The largest absolute Gasteiger partial charge is 0.255 e. The van der Waals surface area contributed by atoms with Gasteiger partial charge >= 0.3 is 0 Å². The lowest BCUT2D eigenvalue weighted by molar-refractivity contribution is 1.36. The molecule has 3 heteroatoms. The molecular formula is C13H12ClNS. The van der Waals surface area contributed by atoms with Crippen molar-refractivity contribution in [3.8, 4) is 0 Å². The molecule has 0 bridgehead atoms. The Morgan fingerprint density at radius 1 is 1.19 bits per heavy atom. The SMILES string of the molecule is Cc1ccc(C)c(N=Cc2ccc(Cl)s2)c1. The second-order valence-electron chi connectivity index (χ2n) is 3.69. The van der Waals surface area contributed by atoms with Crippen molar-refractivity contribution in [2.24, 2.45) is 4.99 Å². The van der Waals surface area contributed by atoms with Crippen LogP contribution in [0.4, 0.5) is 5.69 Å². The van der Waals surface area contributed by atoms with Gasteiger partial charge in [-0.3, -0.25) is 4.99 Å². The highest BCUT2D eigenvalue weighted by molar-refractivity contribution is 7.17. The van der Waals surface area contributed by atoms with Crippen LogP contribution in [0.3, 0.4) is 0 Å². The number of thiophene rings is 1. The van der Waals surface area contributed by atoms with E-state index in [0.717, 1.165) is 14.9 Å². The van der Waals surface area contributed by atoms with Crippen molar-refractivity contribution < 1.29 is 0 Å². The van der Waals surface area contributed by atoms with Crippen LogP contribution in [0.1, 0.15) is 16.0 Å². The molecule has 1 nitrogen and oxygen atoms in total. The number of halogens is 1. The Hall–Kier alpha value is -1.12. The smallest absolute Gasteiger partial charge is 0.0935 e. The lowest BCUT2D eigenvalue weighted by Gasteiger charge is -2.00. The van der Waals surface area contributed by atoms with Gasteiger partial charge in [-0.25, -0.2) is 0 Å². The average Bonchev–Trinajstić information content (AvgIpc) is 2.66. The van der Waals surface area contributed by atoms with Gasteiger partial charge < -0.3 is 0 Å². The fourth-order valence-electron chi connectivity index (χ4n) is 1.39. The fraction of sp³-hybridized carbons (Fsp3) is 0.154. The Bertz CT molecular complexity index is 528. The third kappa shape index (κ3) is 2.71. The molecule has 2 aromatic rings. The molecule has 1 heterocycles. The van der Waals surface area contributed by atoms with E-state index in [1.807, 2.05) is 18.3 Å². The van der Waals surface area contributed by atoms with Gasteiger partial charge in [-0.05, 0) is 43.2 Å². The maximum absolute atomic E-state index is 5.86. The molecule has 2 rings (SSSR count). The summed E-state index contributed by atoms with van der Waals surface area (Å²) in [5, 5.41) is 0. The van der Waals surface area contributed by atoms with Gasteiger partial charge in [-0.1, -0.05) is 23.7 Å². The van der Waals surface area contributed by atoms with Crippen LogP contribution in [0.25, 0.3) is 0 Å². The lowest BCUT2D eigenvalue weighted by Crippen LogP contribution is -1.78. The molecule has 0 unspecified atom stereocenters. The summed E-state index contributed by atoms with van der Waals surface area (Å²) in [5.74, 6) is 0. The van der Waals surface area contributed by atoms with Crippen molar-refractivity contribution in [3.63, 3.8) is 0 Å². The Morgan fingerprint density at radius 3 is 2.69 bits per heavy atom. The standard InChI is InChI=1S/C13H12ClNS/c1-9-3-4-10(2)12(7-9)15-8-11-5-6-13(14)16-11/h3-8H,1-2H3. The highest BCUT2D eigenvalue weighted by Crippen LogP contribution is 2.23. The van der Waals surface area contributed by atoms with Crippen LogP contribution >= 0.6 is 22.9 Å². The van der Waals surface area contributed by atoms with Gasteiger partial charge in [0.15, 0.2) is 0 Å². The van der Waals surface area contributed by atoms with Gasteiger partial charge in [0.25, 0.3) is 0 Å². The molecule has 0 atom stereocenters. The quantitative estimate of drug-likeness (QED) is 0.680. The van der Waals surface area contributed by atoms with E-state index in [4.69, 9.17) is 11.6 Å². The number of aryl methyl sites for hydroxylation is 2. The summed E-state index contributed by atoms with van der Waals surface area (Å²) in [6.07, 6.45) is 1.86. The molecule has 0 aliphatic rings. The minimum absolute atomic E-state index is 0.794. The van der Waals surface area contributed by atoms with E-state index in [1.165, 1.54) is 22.5 Å². The van der Waals surface area contributed by atoms with Crippen LogP contribution < -0.4 is 0 Å². The molecule has 0 N–H and O–H groups in total. The third-order valence-corrected chi connectivity index (χ3v) is 3.46. The summed E-state index contributed by atoms with van der Waals surface area (Å²) in [6.45, 7) is 4.13. The molecule has 0 spiro atoms. The lowest BCUT2D eigenvalue weighted by atomic mass is 10.1. The van der Waals surface area contributed by atoms with E-state index < -0.39 is 0 Å². The van der Waals surface area contributed by atoms with Gasteiger partial charge in [0.1, 0.15) is 0 Å². The zero-order valence-corrected chi connectivity index (χ0v) is 10.8. The van der Waals surface area contributed by atoms with Crippen LogP contribution in [0.5, 0.6) is 0 Å². The summed E-state index contributed by atoms with van der Waals surface area (Å²) >= 11 is 7.39. The van der Waals surface area contributed by atoms with Gasteiger partial charge in [0.05, 0.1) is 10.0 Å². The van der Waals surface area contributed by atoms with Gasteiger partial charge in [0, 0.05) is 11.1 Å². The van der Waals surface area contributed by atoms with Crippen molar-refractivity contribution in [2.45, 2.75) is 13.8 Å². The number of hydrogen-bond acceptors (Lipinski definition) is 2. The Morgan fingerprint density at radius 2 is 2.00 bits per heavy atom. The van der Waals surface area contributed by atoms with E-state index in [0.29, 0.717) is 0 Å². The predicted octanol–water partition coefficient (Wildman–Crippen LogP) is 4.77. The number of aliphatic imine (C=N–C) groups is 1. The molecule has 82 valence electrons. The molecule has 0 fully saturated rings. The maximum atomic E-state index is 5.86. The average molecular weight is 250 g/mol. The molecule has 0 aliphatic carbocycles. The highest BCUT2D eigenvalue weighted by Gasteiger charge is 1.97. The third-order valence-electron chi connectivity index (χ3n) is 2.29. The topological polar surface area (TPSA) is 12.4 Å². The van der Waals surface area contributed by atoms with Crippen LogP contribution in [0, 0.1) is 13.8 Å². The Labute approximate surface area is 104 Å². The summed E-state index contributed by atoms with van der Waals surface area (Å²) in [4.78, 5) is 5.55. The van der Waals surface area contributed by atoms with E-state index in [9.17, 15) is 0 Å². The summed E-state index contributed by atoms with van der Waals surface area (Å²) in [7, 11) is 0. The number of benzene rings is 1. The van der Waals surface area contributed by atoms with Crippen molar-refractivity contribution in [2.75, 3.05) is 0 Å². The Balaban J connectivity index is 2.26. The molecule has 0 saturated heterocycles. The molecule has 0 saturated carbocycles. The van der Waals surface area contributed by atoms with Gasteiger partial charge in [-0.2, -0.15) is 0 Å². The van der Waals surface area contributed by atoms with Gasteiger partial charge in [0.2, 0.25) is 0 Å². The first-order chi connectivity index (χ1) is 7.65. The van der Waals surface area contributed by atoms with Gasteiger partial charge in [-0.15, -0.1) is 11.3 Å². The first-order valence-corrected chi connectivity index (χ1v) is 6.21. The van der Waals surface area contributed by atoms with E-state index >= 15 is 0 Å². The van der Waals surface area contributed by atoms with E-state index in [2.05, 4.69) is 37.0 Å². The molecule has 1 aromatic carbocycles. The zero-order chi connectivity index (χ0) is 11.5. The summed E-state index contributed by atoms with van der Waals surface area (Å²) in [5.41, 5.74) is 3.43. The number of nitrogens with zero attached hydrogens (tertiary/aromatic N) is 1. The van der Waals surface area contributed by atoms with Crippen molar-refractivity contribution in [1.29, 1.82) is 0 Å². The molecule has 1 aromatic heterocycles. The Kier molecular flexibility index (Phi) is 3.42. The van der Waals surface area contributed by atoms with Crippen molar-refractivity contribution in [3.05, 3.63) is 50.7 Å². The molecule has 0 aliphatic heterocycles. The number of hydrogen-bond donors (Lipinski definition) is 0. The molecular weight excluding hydrogens is 238 g/mol. The minimum Gasteiger partial charge on any atom is -0.255 e.